The molecule has 14 heavy (non-hydrogen) atoms. The van der Waals surface area contributed by atoms with E-state index in [-0.39, 0.29) is 12.4 Å². The Morgan fingerprint density at radius 3 is 2.21 bits per heavy atom. The van der Waals surface area contributed by atoms with Gasteiger partial charge in [0, 0.05) is 12.6 Å². The second-order valence-electron chi connectivity index (χ2n) is 5.71. The van der Waals surface area contributed by atoms with Crippen molar-refractivity contribution in [2.45, 2.75) is 38.1 Å². The summed E-state index contributed by atoms with van der Waals surface area (Å²) in [7, 11) is 0. The molecular formula is C11H20ClNO. The SMILES string of the molecule is Cl.NC1C2CC3CC1CC(CO)(C3)C2. The molecule has 0 saturated heterocycles. The summed E-state index contributed by atoms with van der Waals surface area (Å²) in [4.78, 5) is 0. The van der Waals surface area contributed by atoms with Crippen LogP contribution in [0.1, 0.15) is 32.1 Å². The average Bonchev–Trinajstić information content (AvgIpc) is 2.13. The third kappa shape index (κ3) is 1.31. The van der Waals surface area contributed by atoms with Crippen LogP contribution in [0, 0.1) is 23.2 Å². The first-order valence-electron chi connectivity index (χ1n) is 5.59. The monoisotopic (exact) mass is 217 g/mol. The number of hydrogen-bond donors (Lipinski definition) is 2. The van der Waals surface area contributed by atoms with E-state index in [4.69, 9.17) is 5.73 Å². The molecule has 0 aromatic heterocycles. The van der Waals surface area contributed by atoms with Crippen LogP contribution in [-0.2, 0) is 0 Å². The van der Waals surface area contributed by atoms with Crippen molar-refractivity contribution in [1.82, 2.24) is 0 Å². The molecule has 0 amide bonds. The first-order valence-corrected chi connectivity index (χ1v) is 5.59. The van der Waals surface area contributed by atoms with Gasteiger partial charge >= 0.3 is 0 Å². The highest BCUT2D eigenvalue weighted by atomic mass is 35.5. The van der Waals surface area contributed by atoms with Crippen LogP contribution >= 0.6 is 12.4 Å². The zero-order valence-electron chi connectivity index (χ0n) is 8.48. The maximum atomic E-state index is 9.48. The maximum Gasteiger partial charge on any atom is 0.0487 e. The van der Waals surface area contributed by atoms with Gasteiger partial charge in [0.25, 0.3) is 0 Å². The van der Waals surface area contributed by atoms with Gasteiger partial charge in [-0.05, 0) is 55.3 Å². The smallest absolute Gasteiger partial charge is 0.0487 e. The van der Waals surface area contributed by atoms with E-state index >= 15 is 0 Å². The molecule has 0 aromatic carbocycles. The topological polar surface area (TPSA) is 46.2 Å². The number of halogens is 1. The Hall–Kier alpha value is 0.210. The molecule has 0 aliphatic heterocycles. The molecule has 2 atom stereocenters. The van der Waals surface area contributed by atoms with Crippen LogP contribution in [0.15, 0.2) is 0 Å². The highest BCUT2D eigenvalue weighted by Crippen LogP contribution is 2.59. The number of aliphatic hydroxyl groups excluding tert-OH is 1. The van der Waals surface area contributed by atoms with E-state index < -0.39 is 0 Å². The maximum absolute atomic E-state index is 9.48. The second kappa shape index (κ2) is 3.36. The number of rotatable bonds is 1. The molecule has 0 spiro atoms. The predicted molar refractivity (Wildman–Crippen MR) is 58.3 cm³/mol. The van der Waals surface area contributed by atoms with Crippen LogP contribution in [0.4, 0.5) is 0 Å². The van der Waals surface area contributed by atoms with Crippen molar-refractivity contribution in [2.24, 2.45) is 28.9 Å². The van der Waals surface area contributed by atoms with E-state index in [2.05, 4.69) is 0 Å². The molecule has 3 heteroatoms. The lowest BCUT2D eigenvalue weighted by molar-refractivity contribution is -0.0912. The van der Waals surface area contributed by atoms with Gasteiger partial charge in [-0.3, -0.25) is 0 Å². The molecule has 0 radical (unpaired) electrons. The van der Waals surface area contributed by atoms with Crippen molar-refractivity contribution < 1.29 is 5.11 Å². The van der Waals surface area contributed by atoms with Crippen LogP contribution in [0.5, 0.6) is 0 Å². The van der Waals surface area contributed by atoms with Crippen molar-refractivity contribution >= 4 is 12.4 Å². The van der Waals surface area contributed by atoms with Crippen molar-refractivity contribution in [3.8, 4) is 0 Å². The van der Waals surface area contributed by atoms with Gasteiger partial charge in [0.1, 0.15) is 0 Å². The van der Waals surface area contributed by atoms with Crippen molar-refractivity contribution in [1.29, 1.82) is 0 Å². The van der Waals surface area contributed by atoms with Gasteiger partial charge in [0.2, 0.25) is 0 Å². The van der Waals surface area contributed by atoms with Crippen LogP contribution in [0.25, 0.3) is 0 Å². The van der Waals surface area contributed by atoms with Crippen molar-refractivity contribution in [3.05, 3.63) is 0 Å². The van der Waals surface area contributed by atoms with Crippen LogP contribution in [0.2, 0.25) is 0 Å². The minimum atomic E-state index is 0. The zero-order chi connectivity index (χ0) is 9.05. The Balaban J connectivity index is 0.000000750. The fraction of sp³-hybridized carbons (Fsp3) is 1.00. The molecular weight excluding hydrogens is 198 g/mol. The fourth-order valence-corrected chi connectivity index (χ4v) is 4.43. The van der Waals surface area contributed by atoms with Gasteiger partial charge in [-0.15, -0.1) is 12.4 Å². The highest BCUT2D eigenvalue weighted by Gasteiger charge is 2.53. The summed E-state index contributed by atoms with van der Waals surface area (Å²) < 4.78 is 0. The standard InChI is InChI=1S/C11H19NO.ClH/c12-10-8-1-7-2-9(10)5-11(3-7,4-8)6-13;/h7-10,13H,1-6,12H2;1H. The van der Waals surface area contributed by atoms with Gasteiger partial charge in [-0.25, -0.2) is 0 Å². The summed E-state index contributed by atoms with van der Waals surface area (Å²) in [5.41, 5.74) is 6.50. The minimum absolute atomic E-state index is 0. The normalized spacial score (nSPS) is 54.4. The lowest BCUT2D eigenvalue weighted by Crippen LogP contribution is -2.57. The number of aliphatic hydroxyl groups is 1. The molecule has 4 aliphatic carbocycles. The molecule has 82 valence electrons. The van der Waals surface area contributed by atoms with Crippen molar-refractivity contribution in [2.75, 3.05) is 6.61 Å². The summed E-state index contributed by atoms with van der Waals surface area (Å²) in [5.74, 6) is 2.36. The summed E-state index contributed by atoms with van der Waals surface area (Å²) in [5, 5.41) is 9.48. The number of nitrogens with two attached hydrogens (primary N) is 1. The average molecular weight is 218 g/mol. The summed E-state index contributed by atoms with van der Waals surface area (Å²) in [6, 6.07) is 0.455. The van der Waals surface area contributed by atoms with E-state index in [1.165, 1.54) is 32.1 Å². The molecule has 4 bridgehead atoms. The quantitative estimate of drug-likeness (QED) is 0.700. The molecule has 4 rings (SSSR count). The molecule has 0 heterocycles. The van der Waals surface area contributed by atoms with E-state index in [1.54, 1.807) is 0 Å². The van der Waals surface area contributed by atoms with Crippen LogP contribution in [0.3, 0.4) is 0 Å². The summed E-state index contributed by atoms with van der Waals surface area (Å²) in [6.45, 7) is 0.406. The van der Waals surface area contributed by atoms with E-state index in [1.807, 2.05) is 0 Å². The predicted octanol–water partition coefficient (Wildman–Crippen LogP) is 1.55. The zero-order valence-corrected chi connectivity index (χ0v) is 9.30. The van der Waals surface area contributed by atoms with Gasteiger partial charge in [-0.1, -0.05) is 0 Å². The molecule has 0 aromatic rings. The minimum Gasteiger partial charge on any atom is -0.396 e. The van der Waals surface area contributed by atoms with E-state index in [0.29, 0.717) is 18.1 Å². The number of hydrogen-bond acceptors (Lipinski definition) is 2. The van der Waals surface area contributed by atoms with Crippen molar-refractivity contribution in [3.63, 3.8) is 0 Å². The Kier molecular flexibility index (Phi) is 2.57. The Bertz CT molecular complexity index is 217. The molecule has 3 N–H and O–H groups in total. The molecule has 4 fully saturated rings. The fourth-order valence-electron chi connectivity index (χ4n) is 4.43. The largest absolute Gasteiger partial charge is 0.396 e. The third-order valence-electron chi connectivity index (χ3n) is 4.81. The van der Waals surface area contributed by atoms with Gasteiger partial charge in [-0.2, -0.15) is 0 Å². The molecule has 2 nitrogen and oxygen atoms in total. The van der Waals surface area contributed by atoms with Gasteiger partial charge in [0.05, 0.1) is 0 Å². The first kappa shape index (κ1) is 10.7. The van der Waals surface area contributed by atoms with Gasteiger partial charge in [0.15, 0.2) is 0 Å². The Morgan fingerprint density at radius 1 is 1.14 bits per heavy atom. The Labute approximate surface area is 91.7 Å². The van der Waals surface area contributed by atoms with E-state index in [9.17, 15) is 5.11 Å². The second-order valence-corrected chi connectivity index (χ2v) is 5.71. The Morgan fingerprint density at radius 2 is 1.71 bits per heavy atom. The van der Waals surface area contributed by atoms with Gasteiger partial charge < -0.3 is 10.8 Å². The summed E-state index contributed by atoms with van der Waals surface area (Å²) >= 11 is 0. The lowest BCUT2D eigenvalue weighted by atomic mass is 9.48. The van der Waals surface area contributed by atoms with Crippen LogP contribution < -0.4 is 5.73 Å². The highest BCUT2D eigenvalue weighted by molar-refractivity contribution is 5.85. The lowest BCUT2D eigenvalue weighted by Gasteiger charge is -2.58. The third-order valence-corrected chi connectivity index (χ3v) is 4.81. The summed E-state index contributed by atoms with van der Waals surface area (Å²) in [6.07, 6.45) is 6.39. The molecule has 4 aliphatic rings. The first-order chi connectivity index (χ1) is 6.22. The molecule has 4 saturated carbocycles. The van der Waals surface area contributed by atoms with E-state index in [0.717, 1.165) is 17.8 Å². The van der Waals surface area contributed by atoms with Crippen LogP contribution in [-0.4, -0.2) is 17.8 Å². The molecule has 2 unspecified atom stereocenters.